The van der Waals surface area contributed by atoms with E-state index < -0.39 is 23.6 Å². The van der Waals surface area contributed by atoms with Crippen molar-refractivity contribution in [2.75, 3.05) is 0 Å². The van der Waals surface area contributed by atoms with E-state index in [2.05, 4.69) is 5.10 Å². The zero-order valence-corrected chi connectivity index (χ0v) is 16.7. The second-order valence-electron chi connectivity index (χ2n) is 7.39. The summed E-state index contributed by atoms with van der Waals surface area (Å²) in [5.41, 5.74) is 0.930. The molecule has 1 aromatic heterocycles. The SMILES string of the molecule is O=C(O)c1nn(Cc2cc(F)cc3c2O[C@H](c2ccccc2)OC3)c(=O)c2ccccc12. The monoisotopic (exact) mass is 432 g/mol. The number of carboxylic acid groups (broad SMARTS) is 1. The first-order chi connectivity index (χ1) is 15.5. The third-order valence-corrected chi connectivity index (χ3v) is 5.28. The summed E-state index contributed by atoms with van der Waals surface area (Å²) in [6.45, 7) is -0.0361. The second-order valence-corrected chi connectivity index (χ2v) is 7.39. The van der Waals surface area contributed by atoms with Crippen molar-refractivity contribution in [3.63, 3.8) is 0 Å². The predicted octanol–water partition coefficient (Wildman–Crippen LogP) is 3.89. The smallest absolute Gasteiger partial charge is 0.357 e. The molecule has 1 aliphatic rings. The first-order valence-electron chi connectivity index (χ1n) is 9.89. The molecule has 0 saturated carbocycles. The number of carboxylic acids is 1. The van der Waals surface area contributed by atoms with Gasteiger partial charge in [-0.15, -0.1) is 0 Å². The van der Waals surface area contributed by atoms with Crippen molar-refractivity contribution in [2.45, 2.75) is 19.4 Å². The number of carbonyl (C=O) groups is 1. The van der Waals surface area contributed by atoms with E-state index in [1.54, 1.807) is 18.2 Å². The normalized spacial score (nSPS) is 15.2. The number of hydrogen-bond acceptors (Lipinski definition) is 5. The highest BCUT2D eigenvalue weighted by Crippen LogP contribution is 2.36. The van der Waals surface area contributed by atoms with E-state index in [0.717, 1.165) is 10.2 Å². The molecule has 3 aromatic carbocycles. The maximum atomic E-state index is 14.3. The van der Waals surface area contributed by atoms with Crippen LogP contribution in [0.2, 0.25) is 0 Å². The van der Waals surface area contributed by atoms with Gasteiger partial charge in [-0.05, 0) is 18.2 Å². The van der Waals surface area contributed by atoms with Gasteiger partial charge in [0.1, 0.15) is 11.6 Å². The van der Waals surface area contributed by atoms with Gasteiger partial charge in [0.05, 0.1) is 18.5 Å². The van der Waals surface area contributed by atoms with Crippen molar-refractivity contribution in [1.82, 2.24) is 9.78 Å². The first-order valence-corrected chi connectivity index (χ1v) is 9.89. The van der Waals surface area contributed by atoms with Crippen LogP contribution in [-0.4, -0.2) is 20.9 Å². The van der Waals surface area contributed by atoms with Crippen molar-refractivity contribution in [3.05, 3.63) is 105 Å². The van der Waals surface area contributed by atoms with E-state index in [0.29, 0.717) is 16.9 Å². The van der Waals surface area contributed by atoms with Gasteiger partial charge < -0.3 is 14.6 Å². The molecule has 0 fully saturated rings. The van der Waals surface area contributed by atoms with Crippen molar-refractivity contribution >= 4 is 16.7 Å². The van der Waals surface area contributed by atoms with E-state index in [-0.39, 0.29) is 29.6 Å². The standard InChI is InChI=1S/C24H17FN2O5/c25-17-10-15(21-16(11-17)13-31-24(32-21)14-6-2-1-3-7-14)12-27-22(28)19-9-5-4-8-18(19)20(26-27)23(29)30/h1-11,24H,12-13H2,(H,29,30)/t24-/m1/s1. The Bertz CT molecular complexity index is 1400. The van der Waals surface area contributed by atoms with E-state index in [1.165, 1.54) is 18.2 Å². The lowest BCUT2D eigenvalue weighted by atomic mass is 10.1. The predicted molar refractivity (Wildman–Crippen MR) is 113 cm³/mol. The molecule has 4 aromatic rings. The highest BCUT2D eigenvalue weighted by Gasteiger charge is 2.26. The Balaban J connectivity index is 1.60. The number of rotatable bonds is 4. The van der Waals surface area contributed by atoms with Crippen LogP contribution < -0.4 is 10.3 Å². The molecule has 0 spiro atoms. The summed E-state index contributed by atoms with van der Waals surface area (Å²) >= 11 is 0. The van der Waals surface area contributed by atoms with Crippen molar-refractivity contribution in [2.24, 2.45) is 0 Å². The summed E-state index contributed by atoms with van der Waals surface area (Å²) in [6.07, 6.45) is -0.691. The van der Waals surface area contributed by atoms with Gasteiger partial charge in [0.15, 0.2) is 5.69 Å². The Morgan fingerprint density at radius 1 is 1.09 bits per heavy atom. The molecule has 8 heteroatoms. The number of ether oxygens (including phenoxy) is 2. The molecule has 0 radical (unpaired) electrons. The van der Waals surface area contributed by atoms with Gasteiger partial charge in [0.25, 0.3) is 5.56 Å². The van der Waals surface area contributed by atoms with Crippen LogP contribution in [0, 0.1) is 5.82 Å². The molecular formula is C24H17FN2O5. The van der Waals surface area contributed by atoms with E-state index in [4.69, 9.17) is 9.47 Å². The van der Waals surface area contributed by atoms with Gasteiger partial charge in [-0.25, -0.2) is 13.9 Å². The van der Waals surface area contributed by atoms with E-state index in [1.807, 2.05) is 30.3 Å². The first kappa shape index (κ1) is 19.9. The molecule has 0 bridgehead atoms. The molecule has 2 heterocycles. The highest BCUT2D eigenvalue weighted by atomic mass is 19.1. The van der Waals surface area contributed by atoms with Gasteiger partial charge >= 0.3 is 5.97 Å². The van der Waals surface area contributed by atoms with Crippen LogP contribution in [0.25, 0.3) is 10.8 Å². The highest BCUT2D eigenvalue weighted by molar-refractivity contribution is 6.01. The third kappa shape index (κ3) is 3.50. The molecule has 1 aliphatic heterocycles. The lowest BCUT2D eigenvalue weighted by molar-refractivity contribution is -0.112. The molecule has 0 aliphatic carbocycles. The number of aromatic nitrogens is 2. The fraction of sp³-hybridized carbons (Fsp3) is 0.125. The Hall–Kier alpha value is -4.04. The number of hydrogen-bond donors (Lipinski definition) is 1. The zero-order chi connectivity index (χ0) is 22.2. The topological polar surface area (TPSA) is 90.7 Å². The number of nitrogens with zero attached hydrogens (tertiary/aromatic N) is 2. The van der Waals surface area contributed by atoms with E-state index >= 15 is 0 Å². The number of benzene rings is 3. The Morgan fingerprint density at radius 3 is 2.56 bits per heavy atom. The summed E-state index contributed by atoms with van der Waals surface area (Å²) in [5.74, 6) is -1.38. The molecule has 1 N–H and O–H groups in total. The number of halogens is 1. The summed E-state index contributed by atoms with van der Waals surface area (Å²) in [4.78, 5) is 24.7. The molecule has 0 unspecified atom stereocenters. The molecule has 160 valence electrons. The van der Waals surface area contributed by atoms with E-state index in [9.17, 15) is 19.1 Å². The van der Waals surface area contributed by atoms with Crippen LogP contribution in [0.4, 0.5) is 4.39 Å². The van der Waals surface area contributed by atoms with Crippen molar-refractivity contribution in [1.29, 1.82) is 0 Å². The van der Waals surface area contributed by atoms with Crippen molar-refractivity contribution < 1.29 is 23.8 Å². The number of fused-ring (bicyclic) bond motifs is 2. The third-order valence-electron chi connectivity index (χ3n) is 5.28. The fourth-order valence-corrected chi connectivity index (χ4v) is 3.83. The van der Waals surface area contributed by atoms with Crippen LogP contribution in [0.15, 0.2) is 71.5 Å². The van der Waals surface area contributed by atoms with Crippen molar-refractivity contribution in [3.8, 4) is 5.75 Å². The Kier molecular flexibility index (Phi) is 4.91. The van der Waals surface area contributed by atoms with Crippen LogP contribution in [0.5, 0.6) is 5.75 Å². The Labute approximate surface area is 181 Å². The maximum Gasteiger partial charge on any atom is 0.357 e. The van der Waals surface area contributed by atoms with Gasteiger partial charge in [0.2, 0.25) is 6.29 Å². The van der Waals surface area contributed by atoms with Crippen LogP contribution in [0.3, 0.4) is 0 Å². The van der Waals surface area contributed by atoms with Gasteiger partial charge in [-0.1, -0.05) is 48.5 Å². The molecule has 7 nitrogen and oxygen atoms in total. The maximum absolute atomic E-state index is 14.3. The molecule has 0 amide bonds. The minimum Gasteiger partial charge on any atom is -0.476 e. The van der Waals surface area contributed by atoms with Crippen LogP contribution in [0.1, 0.15) is 33.5 Å². The second kappa shape index (κ2) is 7.90. The molecule has 0 saturated heterocycles. The van der Waals surface area contributed by atoms with Gasteiger partial charge in [0, 0.05) is 22.1 Å². The summed E-state index contributed by atoms with van der Waals surface area (Å²) in [7, 11) is 0. The summed E-state index contributed by atoms with van der Waals surface area (Å²) in [6, 6.07) is 18.2. The summed E-state index contributed by atoms with van der Waals surface area (Å²) < 4.78 is 27.1. The lowest BCUT2D eigenvalue weighted by Crippen LogP contribution is -2.27. The Morgan fingerprint density at radius 2 is 1.81 bits per heavy atom. The minimum atomic E-state index is -1.26. The molecule has 1 atom stereocenters. The molecule has 32 heavy (non-hydrogen) atoms. The molecule has 5 rings (SSSR count). The number of aromatic carboxylic acids is 1. The minimum absolute atomic E-state index is 0.125. The average Bonchev–Trinajstić information content (AvgIpc) is 2.81. The zero-order valence-electron chi connectivity index (χ0n) is 16.7. The summed E-state index contributed by atoms with van der Waals surface area (Å²) in [5, 5.41) is 14.1. The largest absolute Gasteiger partial charge is 0.476 e. The van der Waals surface area contributed by atoms with Crippen LogP contribution in [-0.2, 0) is 17.9 Å². The van der Waals surface area contributed by atoms with Crippen LogP contribution >= 0.6 is 0 Å². The quantitative estimate of drug-likeness (QED) is 0.526. The fourth-order valence-electron chi connectivity index (χ4n) is 3.83. The van der Waals surface area contributed by atoms with Gasteiger partial charge in [-0.2, -0.15) is 5.10 Å². The lowest BCUT2D eigenvalue weighted by Gasteiger charge is -2.28. The average molecular weight is 432 g/mol. The molecular weight excluding hydrogens is 415 g/mol. The van der Waals surface area contributed by atoms with Gasteiger partial charge in [-0.3, -0.25) is 4.79 Å².